The molecule has 0 aromatic heterocycles. The first kappa shape index (κ1) is 59.4. The van der Waals surface area contributed by atoms with Gasteiger partial charge in [-0.25, -0.2) is 0 Å². The molecule has 0 spiro atoms. The highest BCUT2D eigenvalue weighted by Gasteiger charge is 2.19. The number of esters is 3. The van der Waals surface area contributed by atoms with Gasteiger partial charge < -0.3 is 14.2 Å². The van der Waals surface area contributed by atoms with E-state index in [-0.39, 0.29) is 31.1 Å². The van der Waals surface area contributed by atoms with Crippen molar-refractivity contribution in [2.45, 2.75) is 277 Å². The Hall–Kier alpha value is -2.63. The lowest BCUT2D eigenvalue weighted by atomic mass is 10.1. The molecule has 0 rings (SSSR count). The predicted molar refractivity (Wildman–Crippen MR) is 265 cm³/mol. The summed E-state index contributed by atoms with van der Waals surface area (Å²) in [5, 5.41) is 0. The number of hydrogen-bond acceptors (Lipinski definition) is 6. The second kappa shape index (κ2) is 51.0. The van der Waals surface area contributed by atoms with Crippen molar-refractivity contribution in [1.82, 2.24) is 0 Å². The van der Waals surface area contributed by atoms with Crippen LogP contribution in [0.15, 0.2) is 48.6 Å². The topological polar surface area (TPSA) is 78.9 Å². The van der Waals surface area contributed by atoms with Crippen LogP contribution in [0.5, 0.6) is 0 Å². The van der Waals surface area contributed by atoms with Gasteiger partial charge in [-0.15, -0.1) is 0 Å². The molecule has 6 nitrogen and oxygen atoms in total. The second-order valence-electron chi connectivity index (χ2n) is 17.8. The third kappa shape index (κ3) is 48.4. The van der Waals surface area contributed by atoms with Gasteiger partial charge >= 0.3 is 17.9 Å². The molecule has 0 saturated carbocycles. The van der Waals surface area contributed by atoms with Crippen molar-refractivity contribution >= 4 is 17.9 Å². The molecule has 0 bridgehead atoms. The lowest BCUT2D eigenvalue weighted by Gasteiger charge is -2.18. The van der Waals surface area contributed by atoms with Crippen molar-refractivity contribution < 1.29 is 28.6 Å². The maximum atomic E-state index is 12.8. The molecule has 0 radical (unpaired) electrons. The Morgan fingerprint density at radius 3 is 0.968 bits per heavy atom. The summed E-state index contributed by atoms with van der Waals surface area (Å²) >= 11 is 0. The molecule has 62 heavy (non-hydrogen) atoms. The van der Waals surface area contributed by atoms with E-state index in [0.717, 1.165) is 89.9 Å². The highest BCUT2D eigenvalue weighted by atomic mass is 16.6. The quantitative estimate of drug-likeness (QED) is 0.0262. The molecule has 0 aromatic rings. The standard InChI is InChI=1S/C56H100O6/c1-4-7-10-13-16-19-22-24-26-27-28-29-30-32-34-37-40-43-46-49-55(58)61-52-53(51-60-54(57)48-45-42-39-36-33-21-18-15-12-9-6-3)62-56(59)50-47-44-41-38-35-31-25-23-20-17-14-11-8-5-2/h14,16-17,19,23-26,53H,4-13,15,18,20-22,27-52H2,1-3H3/b17-14-,19-16-,25-23-,26-24-/t53-/m1/s1. The molecule has 0 aromatic carbocycles. The average Bonchev–Trinajstić information content (AvgIpc) is 3.27. The summed E-state index contributed by atoms with van der Waals surface area (Å²) in [6, 6.07) is 0. The summed E-state index contributed by atoms with van der Waals surface area (Å²) in [5.74, 6) is -0.889. The van der Waals surface area contributed by atoms with Crippen LogP contribution in [0.1, 0.15) is 271 Å². The first-order chi connectivity index (χ1) is 30.5. The Morgan fingerprint density at radius 1 is 0.323 bits per heavy atom. The van der Waals surface area contributed by atoms with E-state index in [1.807, 2.05) is 0 Å². The minimum atomic E-state index is -0.778. The summed E-state index contributed by atoms with van der Waals surface area (Å²) in [6.45, 7) is 6.57. The largest absolute Gasteiger partial charge is 0.462 e. The van der Waals surface area contributed by atoms with Crippen molar-refractivity contribution in [2.24, 2.45) is 0 Å². The normalized spacial score (nSPS) is 12.4. The Kier molecular flexibility index (Phi) is 48.8. The van der Waals surface area contributed by atoms with Crippen LogP contribution in [0.4, 0.5) is 0 Å². The van der Waals surface area contributed by atoms with Gasteiger partial charge in [-0.2, -0.15) is 0 Å². The fourth-order valence-electron chi connectivity index (χ4n) is 7.49. The van der Waals surface area contributed by atoms with E-state index in [0.29, 0.717) is 19.3 Å². The van der Waals surface area contributed by atoms with Crippen molar-refractivity contribution in [3.05, 3.63) is 48.6 Å². The van der Waals surface area contributed by atoms with E-state index in [1.165, 1.54) is 141 Å². The lowest BCUT2D eigenvalue weighted by Crippen LogP contribution is -2.30. The minimum absolute atomic E-state index is 0.0779. The molecule has 0 fully saturated rings. The van der Waals surface area contributed by atoms with Crippen molar-refractivity contribution in [2.75, 3.05) is 13.2 Å². The number of hydrogen-bond donors (Lipinski definition) is 0. The summed E-state index contributed by atoms with van der Waals surface area (Å²) in [7, 11) is 0. The second-order valence-corrected chi connectivity index (χ2v) is 17.8. The van der Waals surface area contributed by atoms with Crippen LogP contribution in [0.3, 0.4) is 0 Å². The van der Waals surface area contributed by atoms with Gasteiger partial charge in [0.25, 0.3) is 0 Å². The zero-order chi connectivity index (χ0) is 45.1. The zero-order valence-electron chi connectivity index (χ0n) is 41.1. The summed E-state index contributed by atoms with van der Waals surface area (Å²) in [4.78, 5) is 38.0. The molecule has 0 saturated heterocycles. The first-order valence-corrected chi connectivity index (χ1v) is 26.6. The van der Waals surface area contributed by atoms with Crippen molar-refractivity contribution in [3.8, 4) is 0 Å². The van der Waals surface area contributed by atoms with Crippen LogP contribution in [-0.2, 0) is 28.6 Å². The van der Waals surface area contributed by atoms with Crippen LogP contribution in [0.2, 0.25) is 0 Å². The monoisotopic (exact) mass is 869 g/mol. The molecule has 0 aliphatic rings. The Labute approximate surface area is 384 Å². The maximum Gasteiger partial charge on any atom is 0.306 e. The van der Waals surface area contributed by atoms with Gasteiger partial charge in [-0.3, -0.25) is 14.4 Å². The van der Waals surface area contributed by atoms with Gasteiger partial charge in [0.2, 0.25) is 0 Å². The van der Waals surface area contributed by atoms with E-state index in [9.17, 15) is 14.4 Å². The molecule has 0 aliphatic carbocycles. The van der Waals surface area contributed by atoms with Crippen LogP contribution in [-0.4, -0.2) is 37.2 Å². The molecule has 0 N–H and O–H groups in total. The summed E-state index contributed by atoms with van der Waals surface area (Å²) in [5.41, 5.74) is 0. The van der Waals surface area contributed by atoms with Gasteiger partial charge in [-0.1, -0.05) is 223 Å². The van der Waals surface area contributed by atoms with E-state index >= 15 is 0 Å². The van der Waals surface area contributed by atoms with Crippen LogP contribution in [0.25, 0.3) is 0 Å². The Bertz CT molecular complexity index is 1090. The van der Waals surface area contributed by atoms with Crippen LogP contribution in [0, 0.1) is 0 Å². The molecule has 0 aliphatic heterocycles. The van der Waals surface area contributed by atoms with Crippen molar-refractivity contribution in [3.63, 3.8) is 0 Å². The number of rotatable bonds is 48. The molecule has 0 unspecified atom stereocenters. The fourth-order valence-corrected chi connectivity index (χ4v) is 7.49. The van der Waals surface area contributed by atoms with E-state index in [2.05, 4.69) is 69.4 Å². The van der Waals surface area contributed by atoms with Crippen molar-refractivity contribution in [1.29, 1.82) is 0 Å². The fraction of sp³-hybridized carbons (Fsp3) is 0.804. The Morgan fingerprint density at radius 2 is 0.597 bits per heavy atom. The molecule has 6 heteroatoms. The van der Waals surface area contributed by atoms with Gasteiger partial charge in [0.1, 0.15) is 13.2 Å². The number of carbonyl (C=O) groups is 3. The van der Waals surface area contributed by atoms with Gasteiger partial charge in [0.05, 0.1) is 0 Å². The van der Waals surface area contributed by atoms with Gasteiger partial charge in [-0.05, 0) is 77.0 Å². The SMILES string of the molecule is CCCC/C=C\C/C=C\CCCCCCCC(=O)O[C@@H](COC(=O)CCCCCCCCCCC/C=C\C/C=C\CCCCC)COC(=O)CCCCCCCCCCCCC. The molecule has 360 valence electrons. The van der Waals surface area contributed by atoms with Gasteiger partial charge in [0.15, 0.2) is 6.10 Å². The van der Waals surface area contributed by atoms with Gasteiger partial charge in [0, 0.05) is 19.3 Å². The molecular formula is C56H100O6. The van der Waals surface area contributed by atoms with Crippen LogP contribution < -0.4 is 0 Å². The number of carbonyl (C=O) groups excluding carboxylic acids is 3. The molecule has 1 atom stereocenters. The molecule has 0 heterocycles. The number of ether oxygens (including phenoxy) is 3. The number of unbranched alkanes of at least 4 members (excludes halogenated alkanes) is 29. The third-order valence-corrected chi connectivity index (χ3v) is 11.6. The third-order valence-electron chi connectivity index (χ3n) is 11.6. The van der Waals surface area contributed by atoms with E-state index < -0.39 is 6.10 Å². The van der Waals surface area contributed by atoms with E-state index in [1.54, 1.807) is 0 Å². The predicted octanol–water partition coefficient (Wildman–Crippen LogP) is 17.5. The molecule has 0 amide bonds. The molecular weight excluding hydrogens is 769 g/mol. The smallest absolute Gasteiger partial charge is 0.306 e. The highest BCUT2D eigenvalue weighted by molar-refractivity contribution is 5.71. The van der Waals surface area contributed by atoms with E-state index in [4.69, 9.17) is 14.2 Å². The average molecular weight is 869 g/mol. The lowest BCUT2D eigenvalue weighted by molar-refractivity contribution is -0.167. The van der Waals surface area contributed by atoms with Crippen LogP contribution >= 0.6 is 0 Å². The summed E-state index contributed by atoms with van der Waals surface area (Å²) < 4.78 is 16.8. The number of allylic oxidation sites excluding steroid dienone is 8. The first-order valence-electron chi connectivity index (χ1n) is 26.6. The maximum absolute atomic E-state index is 12.8. The zero-order valence-corrected chi connectivity index (χ0v) is 41.1. The summed E-state index contributed by atoms with van der Waals surface area (Å²) in [6.07, 6.45) is 60.9. The minimum Gasteiger partial charge on any atom is -0.462 e. The highest BCUT2D eigenvalue weighted by Crippen LogP contribution is 2.15. The Balaban J connectivity index is 4.34.